The van der Waals surface area contributed by atoms with Crippen LogP contribution in [-0.2, 0) is 30.8 Å². The summed E-state index contributed by atoms with van der Waals surface area (Å²) in [6.07, 6.45) is 16.2. The highest BCUT2D eigenvalue weighted by molar-refractivity contribution is 14.1. The zero-order chi connectivity index (χ0) is 28.6. The number of aromatic amines is 1. The van der Waals surface area contributed by atoms with E-state index in [2.05, 4.69) is 36.0 Å². The molecule has 0 aliphatic heterocycles. The van der Waals surface area contributed by atoms with Crippen LogP contribution in [0.3, 0.4) is 0 Å². The van der Waals surface area contributed by atoms with Crippen LogP contribution in [0.1, 0.15) is 109 Å². The number of nitrogens with one attached hydrogen (secondary N) is 4. The Bertz CT molecular complexity index is 901. The van der Waals surface area contributed by atoms with Gasteiger partial charge in [-0.05, 0) is 19.3 Å². The molecule has 0 aliphatic carbocycles. The number of aromatic nitrogens is 4. The summed E-state index contributed by atoms with van der Waals surface area (Å²) >= 11 is 1.94. The number of unbranched alkanes of at least 4 members (excludes halogenated alkanes) is 12. The molecule has 12 nitrogen and oxygen atoms in total. The molecule has 3 amide bonds. The van der Waals surface area contributed by atoms with Crippen molar-refractivity contribution in [2.45, 2.75) is 109 Å². The van der Waals surface area contributed by atoms with E-state index in [-0.39, 0.29) is 43.4 Å². The number of hydrogen-bond donors (Lipinski definition) is 4. The molecule has 0 radical (unpaired) electrons. The molecule has 0 unspecified atom stereocenters. The van der Waals surface area contributed by atoms with Crippen LogP contribution < -0.4 is 15.4 Å². The maximum absolute atomic E-state index is 12.1. The topological polar surface area (TPSA) is 176 Å². The minimum Gasteiger partial charge on any atom is -0.354 e. The number of nitrogens with zero attached hydrogens (tertiary/aromatic N) is 3. The van der Waals surface area contributed by atoms with Crippen molar-refractivity contribution >= 4 is 50.3 Å². The maximum Gasteiger partial charge on any atom is 0.234 e. The van der Waals surface area contributed by atoms with E-state index >= 15 is 0 Å². The minimum absolute atomic E-state index is 0.0406. The smallest absolute Gasteiger partial charge is 0.234 e. The number of tetrazole rings is 1. The van der Waals surface area contributed by atoms with Crippen LogP contribution in [0.5, 0.6) is 0 Å². The molecule has 0 atom stereocenters. The van der Waals surface area contributed by atoms with Crippen LogP contribution >= 0.6 is 22.6 Å². The third-order valence-corrected chi connectivity index (χ3v) is 8.23. The van der Waals surface area contributed by atoms with Crippen LogP contribution in [-0.4, -0.2) is 70.0 Å². The van der Waals surface area contributed by atoms with E-state index in [0.29, 0.717) is 17.4 Å². The molecule has 39 heavy (non-hydrogen) atoms. The summed E-state index contributed by atoms with van der Waals surface area (Å²) in [5, 5.41) is 19.2. The number of hydrogen-bond acceptors (Lipinski definition) is 8. The summed E-state index contributed by atoms with van der Waals surface area (Å²) < 4.78 is 26.6. The van der Waals surface area contributed by atoms with Gasteiger partial charge >= 0.3 is 0 Å². The van der Waals surface area contributed by atoms with Gasteiger partial charge in [-0.1, -0.05) is 98.4 Å². The van der Waals surface area contributed by atoms with E-state index in [0.717, 1.165) is 37.9 Å². The fourth-order valence-corrected chi connectivity index (χ4v) is 5.38. The Balaban J connectivity index is 1.88. The highest BCUT2D eigenvalue weighted by Gasteiger charge is 2.15. The lowest BCUT2D eigenvalue weighted by Gasteiger charge is -2.08. The number of sulfonamides is 1. The number of halogens is 1. The van der Waals surface area contributed by atoms with Crippen molar-refractivity contribution in [3.63, 3.8) is 0 Å². The third kappa shape index (κ3) is 21.6. The summed E-state index contributed by atoms with van der Waals surface area (Å²) in [6, 6.07) is 0. The second-order valence-electron chi connectivity index (χ2n) is 9.71. The number of H-pyrrole nitrogens is 1. The second-order valence-corrected chi connectivity index (χ2v) is 12.3. The van der Waals surface area contributed by atoms with Gasteiger partial charge in [0.25, 0.3) is 0 Å². The lowest BCUT2D eigenvalue weighted by Crippen LogP contribution is -2.35. The first-order valence-corrected chi connectivity index (χ1v) is 17.3. The molecule has 0 fully saturated rings. The second kappa shape index (κ2) is 22.9. The molecule has 0 aromatic carbocycles. The van der Waals surface area contributed by atoms with Crippen molar-refractivity contribution in [1.29, 1.82) is 0 Å². The van der Waals surface area contributed by atoms with Gasteiger partial charge in [0.2, 0.25) is 27.7 Å². The molecule has 1 aromatic heterocycles. The standard InChI is InChI=1S/C25H46IN7O5S/c26-21-25(36)28-19-18-27-23(34)17-14-20-39(37,38)31-24(35)16-13-11-9-7-5-3-1-2-4-6-8-10-12-15-22-29-32-33-30-22/h1-21H2,(H,27,34)(H,28,36)(H,31,35)(H,29,30,32,33). The SMILES string of the molecule is O=C(CI)NCCNC(=O)CCCS(=O)(=O)NC(=O)CCCCCCCCCCCCCCCc1nn[nH]n1. The number of alkyl halides is 1. The Kier molecular flexibility index (Phi) is 20.7. The van der Waals surface area contributed by atoms with Crippen molar-refractivity contribution in [3.05, 3.63) is 5.82 Å². The number of carbonyl (C=O) groups is 3. The maximum atomic E-state index is 12.1. The van der Waals surface area contributed by atoms with E-state index in [1.165, 1.54) is 51.4 Å². The number of rotatable bonds is 25. The van der Waals surface area contributed by atoms with Crippen molar-refractivity contribution in [3.8, 4) is 0 Å². The first-order valence-electron chi connectivity index (χ1n) is 14.2. The quantitative estimate of drug-likeness (QED) is 0.0691. The predicted octanol–water partition coefficient (Wildman–Crippen LogP) is 3.10. The van der Waals surface area contributed by atoms with Gasteiger partial charge in [0.05, 0.1) is 10.2 Å². The number of amides is 3. The number of carbonyl (C=O) groups excluding carboxylic acids is 3. The largest absolute Gasteiger partial charge is 0.354 e. The van der Waals surface area contributed by atoms with Gasteiger partial charge in [-0.3, -0.25) is 19.1 Å². The van der Waals surface area contributed by atoms with Crippen LogP contribution in [0.25, 0.3) is 0 Å². The Morgan fingerprint density at radius 1 is 0.692 bits per heavy atom. The average Bonchev–Trinajstić information content (AvgIpc) is 3.42. The summed E-state index contributed by atoms with van der Waals surface area (Å²) in [7, 11) is -3.74. The fraction of sp³-hybridized carbons (Fsp3) is 0.840. The molecule has 0 spiro atoms. The zero-order valence-corrected chi connectivity index (χ0v) is 26.0. The van der Waals surface area contributed by atoms with Gasteiger partial charge in [0.15, 0.2) is 5.82 Å². The Hall–Kier alpha value is -1.84. The highest BCUT2D eigenvalue weighted by atomic mass is 127. The number of aryl methyl sites for hydroxylation is 1. The molecular weight excluding hydrogens is 637 g/mol. The van der Waals surface area contributed by atoms with E-state index in [1.807, 2.05) is 22.6 Å². The van der Waals surface area contributed by atoms with Crippen LogP contribution in [0, 0.1) is 0 Å². The average molecular weight is 684 g/mol. The lowest BCUT2D eigenvalue weighted by atomic mass is 10.0. The summed E-state index contributed by atoms with van der Waals surface area (Å²) in [5.74, 6) is -0.362. The summed E-state index contributed by atoms with van der Waals surface area (Å²) in [4.78, 5) is 34.8. The first-order chi connectivity index (χ1) is 18.8. The van der Waals surface area contributed by atoms with Crippen molar-refractivity contribution < 1.29 is 22.8 Å². The van der Waals surface area contributed by atoms with Gasteiger partial charge in [-0.2, -0.15) is 5.21 Å². The molecule has 4 N–H and O–H groups in total. The van der Waals surface area contributed by atoms with Crippen molar-refractivity contribution in [2.75, 3.05) is 23.3 Å². The van der Waals surface area contributed by atoms with Crippen molar-refractivity contribution in [2.24, 2.45) is 0 Å². The Morgan fingerprint density at radius 3 is 1.74 bits per heavy atom. The van der Waals surface area contributed by atoms with Gasteiger partial charge in [-0.25, -0.2) is 8.42 Å². The molecule has 0 bridgehead atoms. The van der Waals surface area contributed by atoms with Crippen LogP contribution in [0.2, 0.25) is 0 Å². The molecule has 0 aliphatic rings. The molecule has 1 heterocycles. The van der Waals surface area contributed by atoms with Crippen LogP contribution in [0.4, 0.5) is 0 Å². The van der Waals surface area contributed by atoms with E-state index in [4.69, 9.17) is 0 Å². The first kappa shape index (κ1) is 35.2. The van der Waals surface area contributed by atoms with Crippen molar-refractivity contribution in [1.82, 2.24) is 36.0 Å². The Labute approximate surface area is 246 Å². The monoisotopic (exact) mass is 683 g/mol. The molecule has 1 rings (SSSR count). The molecule has 0 saturated heterocycles. The van der Waals surface area contributed by atoms with Crippen LogP contribution in [0.15, 0.2) is 0 Å². The lowest BCUT2D eigenvalue weighted by molar-refractivity contribution is -0.122. The highest BCUT2D eigenvalue weighted by Crippen LogP contribution is 2.13. The minimum atomic E-state index is -3.74. The summed E-state index contributed by atoms with van der Waals surface area (Å²) in [6.45, 7) is 0.616. The molecule has 14 heteroatoms. The van der Waals surface area contributed by atoms with Gasteiger partial charge in [-0.15, -0.1) is 10.2 Å². The predicted molar refractivity (Wildman–Crippen MR) is 159 cm³/mol. The van der Waals surface area contributed by atoms with E-state index < -0.39 is 15.9 Å². The molecule has 224 valence electrons. The molecular formula is C25H46IN7O5S. The van der Waals surface area contributed by atoms with Gasteiger partial charge < -0.3 is 10.6 Å². The van der Waals surface area contributed by atoms with E-state index in [1.54, 1.807) is 0 Å². The molecule has 1 aromatic rings. The molecule has 0 saturated carbocycles. The third-order valence-electron chi connectivity index (χ3n) is 6.17. The van der Waals surface area contributed by atoms with E-state index in [9.17, 15) is 22.8 Å². The zero-order valence-electron chi connectivity index (χ0n) is 23.0. The summed E-state index contributed by atoms with van der Waals surface area (Å²) in [5.41, 5.74) is 0. The fourth-order valence-electron chi connectivity index (χ4n) is 4.04. The van der Waals surface area contributed by atoms with Gasteiger partial charge in [0.1, 0.15) is 0 Å². The van der Waals surface area contributed by atoms with Gasteiger partial charge in [0, 0.05) is 32.4 Å². The normalized spacial score (nSPS) is 11.3. The Morgan fingerprint density at radius 2 is 1.21 bits per heavy atom.